The second kappa shape index (κ2) is 7.44. The molecule has 3 aromatic rings. The Morgan fingerprint density at radius 3 is 2.71 bits per heavy atom. The lowest BCUT2D eigenvalue weighted by Crippen LogP contribution is -2.43. The fraction of sp³-hybridized carbons (Fsp3) is 0.240. The van der Waals surface area contributed by atoms with Crippen LogP contribution in [0.1, 0.15) is 52.0 Å². The predicted octanol–water partition coefficient (Wildman–Crippen LogP) is 4.66. The highest BCUT2D eigenvalue weighted by molar-refractivity contribution is 6.04. The minimum absolute atomic E-state index is 0.141. The van der Waals surface area contributed by atoms with Gasteiger partial charge in [-0.25, -0.2) is 9.98 Å². The van der Waals surface area contributed by atoms with Crippen LogP contribution in [0.3, 0.4) is 0 Å². The second-order valence-corrected chi connectivity index (χ2v) is 8.25. The fourth-order valence-electron chi connectivity index (χ4n) is 4.38. The van der Waals surface area contributed by atoms with Gasteiger partial charge in [0.1, 0.15) is 0 Å². The molecule has 31 heavy (non-hydrogen) atoms. The van der Waals surface area contributed by atoms with E-state index < -0.39 is 0 Å². The molecule has 0 saturated heterocycles. The molecule has 1 aromatic carbocycles. The summed E-state index contributed by atoms with van der Waals surface area (Å²) in [5.74, 6) is 0.567. The number of nitrogens with one attached hydrogen (secondary N) is 1. The number of hydrogen-bond donors (Lipinski definition) is 1. The lowest BCUT2D eigenvalue weighted by Gasteiger charge is -2.41. The zero-order valence-electron chi connectivity index (χ0n) is 17.2. The van der Waals surface area contributed by atoms with E-state index in [0.717, 1.165) is 48.5 Å². The zero-order valence-corrected chi connectivity index (χ0v) is 17.2. The van der Waals surface area contributed by atoms with E-state index in [1.54, 1.807) is 30.5 Å². The molecule has 3 heterocycles. The number of nitrogens with zero attached hydrogens (tertiary/aromatic N) is 4. The van der Waals surface area contributed by atoms with Crippen LogP contribution in [0.15, 0.2) is 59.9 Å². The molecular weight excluding hydrogens is 386 g/mol. The Hall–Kier alpha value is -3.85. The van der Waals surface area contributed by atoms with E-state index in [1.165, 1.54) is 5.56 Å². The number of benzene rings is 1. The van der Waals surface area contributed by atoms with Crippen molar-refractivity contribution in [1.29, 1.82) is 5.26 Å². The number of aryl methyl sites for hydroxylation is 1. The summed E-state index contributed by atoms with van der Waals surface area (Å²) in [5, 5.41) is 11.9. The Bertz CT molecular complexity index is 1250. The molecule has 2 aromatic heterocycles. The normalized spacial score (nSPS) is 15.9. The van der Waals surface area contributed by atoms with Crippen LogP contribution in [0.2, 0.25) is 0 Å². The molecule has 0 unspecified atom stereocenters. The number of aliphatic imine (C=N–C) groups is 1. The highest BCUT2D eigenvalue weighted by Crippen LogP contribution is 2.47. The van der Waals surface area contributed by atoms with Gasteiger partial charge in [-0.15, -0.1) is 0 Å². The highest BCUT2D eigenvalue weighted by Gasteiger charge is 2.46. The number of hydrogen-bond acceptors (Lipinski definition) is 5. The first-order valence-corrected chi connectivity index (χ1v) is 10.4. The predicted molar refractivity (Wildman–Crippen MR) is 119 cm³/mol. The number of rotatable bonds is 4. The number of amides is 1. The molecule has 1 saturated carbocycles. The SMILES string of the molecule is Cc1cnc2c(c1)CC(C1(c3ccc(NC(=O)c4cccc(C#N)c4)cn3)CCC1)=N2. The van der Waals surface area contributed by atoms with Gasteiger partial charge in [0.25, 0.3) is 5.91 Å². The van der Waals surface area contributed by atoms with E-state index in [9.17, 15) is 4.79 Å². The third-order valence-electron chi connectivity index (χ3n) is 6.20. The second-order valence-electron chi connectivity index (χ2n) is 8.25. The maximum Gasteiger partial charge on any atom is 0.255 e. The van der Waals surface area contributed by atoms with E-state index in [-0.39, 0.29) is 11.3 Å². The maximum atomic E-state index is 12.5. The third kappa shape index (κ3) is 3.38. The molecule has 1 fully saturated rings. The van der Waals surface area contributed by atoms with Gasteiger partial charge in [-0.2, -0.15) is 5.26 Å². The fourth-order valence-corrected chi connectivity index (χ4v) is 4.38. The van der Waals surface area contributed by atoms with Crippen LogP contribution in [0, 0.1) is 18.3 Å². The zero-order chi connectivity index (χ0) is 21.4. The molecule has 6 nitrogen and oxygen atoms in total. The Kier molecular flexibility index (Phi) is 4.59. The Labute approximate surface area is 180 Å². The van der Waals surface area contributed by atoms with Gasteiger partial charge in [0, 0.05) is 29.5 Å². The summed E-state index contributed by atoms with van der Waals surface area (Å²) in [6.45, 7) is 2.05. The number of nitriles is 1. The molecule has 1 aliphatic carbocycles. The van der Waals surface area contributed by atoms with Gasteiger partial charge < -0.3 is 5.32 Å². The largest absolute Gasteiger partial charge is 0.321 e. The van der Waals surface area contributed by atoms with Crippen LogP contribution >= 0.6 is 0 Å². The molecule has 0 radical (unpaired) electrons. The van der Waals surface area contributed by atoms with Crippen LogP contribution in [-0.2, 0) is 11.8 Å². The summed E-state index contributed by atoms with van der Waals surface area (Å²) in [6, 6.07) is 14.7. The third-order valence-corrected chi connectivity index (χ3v) is 6.20. The van der Waals surface area contributed by atoms with E-state index in [0.29, 0.717) is 16.8 Å². The van der Waals surface area contributed by atoms with Crippen molar-refractivity contribution >= 4 is 23.1 Å². The van der Waals surface area contributed by atoms with Gasteiger partial charge in [0.05, 0.1) is 34.6 Å². The molecular formula is C25H21N5O. The topological polar surface area (TPSA) is 91.0 Å². The Balaban J connectivity index is 1.36. The molecule has 6 heteroatoms. The van der Waals surface area contributed by atoms with Crippen molar-refractivity contribution in [3.63, 3.8) is 0 Å². The standard InChI is InChI=1S/C25H21N5O/c1-16-10-19-12-22(30-23(19)28-14-16)25(8-3-9-25)21-7-6-20(15-27-21)29-24(31)18-5-2-4-17(11-18)13-26/h2,4-7,10-11,14-15H,3,8-9,12H2,1H3,(H,29,31). The van der Waals surface area contributed by atoms with Crippen molar-refractivity contribution < 1.29 is 4.79 Å². The maximum absolute atomic E-state index is 12.5. The first kappa shape index (κ1) is 19.1. The van der Waals surface area contributed by atoms with Crippen LogP contribution in [0.25, 0.3) is 0 Å². The number of fused-ring (bicyclic) bond motifs is 1. The average molecular weight is 407 g/mol. The van der Waals surface area contributed by atoms with Crippen molar-refractivity contribution in [3.05, 3.63) is 82.8 Å². The van der Waals surface area contributed by atoms with Crippen molar-refractivity contribution in [3.8, 4) is 6.07 Å². The molecule has 0 atom stereocenters. The van der Waals surface area contributed by atoms with Crippen molar-refractivity contribution in [2.24, 2.45) is 4.99 Å². The molecule has 1 N–H and O–H groups in total. The van der Waals surface area contributed by atoms with E-state index in [4.69, 9.17) is 15.2 Å². The summed E-state index contributed by atoms with van der Waals surface area (Å²) in [7, 11) is 0. The molecule has 0 spiro atoms. The number of carbonyl (C=O) groups excluding carboxylic acids is 1. The van der Waals surface area contributed by atoms with Crippen LogP contribution in [0.5, 0.6) is 0 Å². The number of carbonyl (C=O) groups is 1. The smallest absolute Gasteiger partial charge is 0.255 e. The van der Waals surface area contributed by atoms with Gasteiger partial charge in [-0.1, -0.05) is 18.6 Å². The van der Waals surface area contributed by atoms with Crippen molar-refractivity contribution in [2.45, 2.75) is 38.0 Å². The summed E-state index contributed by atoms with van der Waals surface area (Å²) >= 11 is 0. The number of pyridine rings is 2. The lowest BCUT2D eigenvalue weighted by atomic mass is 9.62. The first-order chi connectivity index (χ1) is 15.1. The van der Waals surface area contributed by atoms with E-state index >= 15 is 0 Å². The minimum Gasteiger partial charge on any atom is -0.321 e. The summed E-state index contributed by atoms with van der Waals surface area (Å²) in [5.41, 5.74) is 5.85. The van der Waals surface area contributed by atoms with Crippen molar-refractivity contribution in [2.75, 3.05) is 5.32 Å². The number of aromatic nitrogens is 2. The average Bonchev–Trinajstić information content (AvgIpc) is 3.17. The molecule has 152 valence electrons. The van der Waals surface area contributed by atoms with Crippen LogP contribution in [0.4, 0.5) is 11.5 Å². The highest BCUT2D eigenvalue weighted by atomic mass is 16.1. The van der Waals surface area contributed by atoms with Gasteiger partial charge in [-0.05, 0) is 55.7 Å². The first-order valence-electron chi connectivity index (χ1n) is 10.4. The van der Waals surface area contributed by atoms with Crippen LogP contribution in [-0.4, -0.2) is 21.6 Å². The summed E-state index contributed by atoms with van der Waals surface area (Å²) in [6.07, 6.45) is 7.58. The van der Waals surface area contributed by atoms with Crippen molar-refractivity contribution in [1.82, 2.24) is 9.97 Å². The molecule has 5 rings (SSSR count). The molecule has 2 aliphatic rings. The molecule has 0 bridgehead atoms. The Morgan fingerprint density at radius 1 is 1.13 bits per heavy atom. The summed E-state index contributed by atoms with van der Waals surface area (Å²) < 4.78 is 0. The summed E-state index contributed by atoms with van der Waals surface area (Å²) in [4.78, 5) is 26.6. The quantitative estimate of drug-likeness (QED) is 0.681. The van der Waals surface area contributed by atoms with Gasteiger partial charge in [0.15, 0.2) is 5.82 Å². The van der Waals surface area contributed by atoms with E-state index in [2.05, 4.69) is 29.4 Å². The van der Waals surface area contributed by atoms with Crippen LogP contribution < -0.4 is 5.32 Å². The van der Waals surface area contributed by atoms with E-state index in [1.807, 2.05) is 18.3 Å². The molecule has 1 amide bonds. The Morgan fingerprint density at radius 2 is 2.00 bits per heavy atom. The number of anilines is 1. The monoisotopic (exact) mass is 407 g/mol. The minimum atomic E-state index is -0.262. The van der Waals surface area contributed by atoms with Gasteiger partial charge in [0.2, 0.25) is 0 Å². The molecule has 1 aliphatic heterocycles. The van der Waals surface area contributed by atoms with Gasteiger partial charge in [-0.3, -0.25) is 9.78 Å². The lowest BCUT2D eigenvalue weighted by molar-refractivity contribution is 0.102. The van der Waals surface area contributed by atoms with Gasteiger partial charge >= 0.3 is 0 Å².